The Morgan fingerprint density at radius 1 is 0.788 bits per heavy atom. The zero-order chi connectivity index (χ0) is 24.3. The molecule has 1 saturated heterocycles. The van der Waals surface area contributed by atoms with Crippen molar-refractivity contribution in [2.45, 2.75) is 147 Å². The monoisotopic (exact) mass is 473 g/mol. The van der Waals surface area contributed by atoms with Crippen molar-refractivity contribution in [1.82, 2.24) is 5.32 Å². The number of aliphatic hydroxyl groups excluding tert-OH is 3. The smallest absolute Gasteiger partial charge is 0.217 e. The fourth-order valence-electron chi connectivity index (χ4n) is 4.46. The molecule has 1 rings (SSSR count). The van der Waals surface area contributed by atoms with E-state index in [0.717, 1.165) is 12.8 Å². The predicted molar refractivity (Wildman–Crippen MR) is 131 cm³/mol. The zero-order valence-electron chi connectivity index (χ0n) is 21.2. The summed E-state index contributed by atoms with van der Waals surface area (Å²) in [4.78, 5) is 11.4. The number of hydrogen-bond donors (Lipinski definition) is 4. The van der Waals surface area contributed by atoms with E-state index < -0.39 is 37.3 Å². The van der Waals surface area contributed by atoms with E-state index in [-0.39, 0.29) is 5.91 Å². The van der Waals surface area contributed by atoms with Crippen molar-refractivity contribution in [1.29, 1.82) is 0 Å². The number of carbonyl (C=O) groups is 1. The summed E-state index contributed by atoms with van der Waals surface area (Å²) in [5, 5.41) is 32.2. The quantitative estimate of drug-likeness (QED) is 0.197. The number of rotatable bonds is 20. The van der Waals surface area contributed by atoms with Crippen molar-refractivity contribution >= 4 is 5.91 Å². The van der Waals surface area contributed by atoms with Crippen molar-refractivity contribution in [3.05, 3.63) is 0 Å². The van der Waals surface area contributed by atoms with Gasteiger partial charge in [0.1, 0.15) is 24.4 Å². The number of carbonyl (C=O) groups excluding carboxylic acids is 1. The first kappa shape index (κ1) is 30.3. The van der Waals surface area contributed by atoms with E-state index in [1.165, 1.54) is 96.8 Å². The molecular weight excluding hydrogens is 422 g/mol. The van der Waals surface area contributed by atoms with Crippen molar-refractivity contribution < 1.29 is 29.6 Å². The molecule has 0 aromatic heterocycles. The average molecular weight is 474 g/mol. The largest absolute Gasteiger partial charge is 0.394 e. The van der Waals surface area contributed by atoms with Crippen LogP contribution in [0.5, 0.6) is 0 Å². The fraction of sp³-hybridized carbons (Fsp3) is 0.962. The van der Waals surface area contributed by atoms with E-state index in [0.29, 0.717) is 6.61 Å². The lowest BCUT2D eigenvalue weighted by Gasteiger charge is -2.42. The topological polar surface area (TPSA) is 108 Å². The second kappa shape index (κ2) is 19.6. The molecule has 0 radical (unpaired) electrons. The lowest BCUT2D eigenvalue weighted by molar-refractivity contribution is -0.270. The number of aliphatic hydroxyl groups is 3. The Morgan fingerprint density at radius 3 is 1.67 bits per heavy atom. The van der Waals surface area contributed by atoms with Gasteiger partial charge in [-0.15, -0.1) is 0 Å². The van der Waals surface area contributed by atoms with E-state index in [9.17, 15) is 20.1 Å². The Kier molecular flexibility index (Phi) is 18.0. The van der Waals surface area contributed by atoms with Crippen LogP contribution >= 0.6 is 0 Å². The molecule has 7 nitrogen and oxygen atoms in total. The average Bonchev–Trinajstić information content (AvgIpc) is 2.80. The molecule has 0 spiro atoms. The van der Waals surface area contributed by atoms with E-state index in [4.69, 9.17) is 9.47 Å². The number of ether oxygens (including phenoxy) is 2. The minimum atomic E-state index is -1.28. The normalized spacial score (nSPS) is 25.3. The van der Waals surface area contributed by atoms with Crippen LogP contribution in [-0.4, -0.2) is 65.1 Å². The van der Waals surface area contributed by atoms with Gasteiger partial charge in [0.05, 0.1) is 6.61 Å². The highest BCUT2D eigenvalue weighted by Gasteiger charge is 2.45. The molecule has 0 aromatic rings. The number of nitrogens with one attached hydrogen (secondary N) is 1. The first-order valence-electron chi connectivity index (χ1n) is 13.5. The maximum Gasteiger partial charge on any atom is 0.217 e. The lowest BCUT2D eigenvalue weighted by Crippen LogP contribution is -2.64. The molecule has 1 amide bonds. The predicted octanol–water partition coefficient (Wildman–Crippen LogP) is 4.21. The minimum Gasteiger partial charge on any atom is -0.394 e. The standard InChI is InChI=1S/C26H51NO6/c1-3-4-5-6-7-8-9-10-11-12-13-14-15-16-17-18-19-32-26-23(27-21(2)29)25(31)24(30)22(20-28)33-26/h22-26,28,30-31H,3-20H2,1-2H3,(H,27,29)/t22-,23-,24-,25-,26?/m1/s1. The van der Waals surface area contributed by atoms with Crippen molar-refractivity contribution in [3.63, 3.8) is 0 Å². The summed E-state index contributed by atoms with van der Waals surface area (Å²) in [5.74, 6) is -0.340. The van der Waals surface area contributed by atoms with Crippen LogP contribution in [0.1, 0.15) is 117 Å². The highest BCUT2D eigenvalue weighted by Crippen LogP contribution is 2.22. The van der Waals surface area contributed by atoms with E-state index in [2.05, 4.69) is 12.2 Å². The van der Waals surface area contributed by atoms with Gasteiger partial charge in [-0.25, -0.2) is 0 Å². The van der Waals surface area contributed by atoms with Crippen LogP contribution in [0.25, 0.3) is 0 Å². The maximum absolute atomic E-state index is 11.4. The van der Waals surface area contributed by atoms with Gasteiger partial charge in [-0.2, -0.15) is 0 Å². The van der Waals surface area contributed by atoms with Crippen LogP contribution in [0.2, 0.25) is 0 Å². The van der Waals surface area contributed by atoms with Crippen molar-refractivity contribution in [2.75, 3.05) is 13.2 Å². The second-order valence-electron chi connectivity index (χ2n) is 9.61. The number of unbranched alkanes of at least 4 members (excludes halogenated alkanes) is 15. The molecule has 0 aromatic carbocycles. The first-order valence-corrected chi connectivity index (χ1v) is 13.5. The van der Waals surface area contributed by atoms with Gasteiger partial charge in [0.25, 0.3) is 0 Å². The van der Waals surface area contributed by atoms with Crippen LogP contribution in [-0.2, 0) is 14.3 Å². The molecule has 0 saturated carbocycles. The van der Waals surface area contributed by atoms with Crippen LogP contribution in [0.3, 0.4) is 0 Å². The third kappa shape index (κ3) is 13.7. The summed E-state index contributed by atoms with van der Waals surface area (Å²) in [6.07, 6.45) is 16.5. The highest BCUT2D eigenvalue weighted by atomic mass is 16.7. The fourth-order valence-corrected chi connectivity index (χ4v) is 4.46. The molecule has 1 aliphatic rings. The van der Waals surface area contributed by atoms with Crippen molar-refractivity contribution in [3.8, 4) is 0 Å². The van der Waals surface area contributed by atoms with E-state index in [1.807, 2.05) is 0 Å². The summed E-state index contributed by atoms with van der Waals surface area (Å²) in [6, 6.07) is -0.860. The lowest BCUT2D eigenvalue weighted by atomic mass is 9.97. The van der Waals surface area contributed by atoms with Gasteiger partial charge in [-0.05, 0) is 6.42 Å². The Labute approximate surface area is 201 Å². The molecule has 1 heterocycles. The SMILES string of the molecule is CCCCCCCCCCCCCCCCCCOC1O[C@H](CO)[C@@H](O)[C@H](O)[C@H]1NC(C)=O. The molecule has 196 valence electrons. The molecule has 7 heteroatoms. The van der Waals surface area contributed by atoms with Crippen molar-refractivity contribution in [2.24, 2.45) is 0 Å². The molecule has 1 unspecified atom stereocenters. The van der Waals surface area contributed by atoms with Gasteiger partial charge in [-0.3, -0.25) is 4.79 Å². The molecular formula is C26H51NO6. The van der Waals surface area contributed by atoms with Crippen LogP contribution in [0, 0.1) is 0 Å². The second-order valence-corrected chi connectivity index (χ2v) is 9.61. The first-order chi connectivity index (χ1) is 16.0. The summed E-state index contributed by atoms with van der Waals surface area (Å²) in [6.45, 7) is 3.62. The molecule has 4 N–H and O–H groups in total. The zero-order valence-corrected chi connectivity index (χ0v) is 21.2. The third-order valence-corrected chi connectivity index (χ3v) is 6.53. The van der Waals surface area contributed by atoms with Crippen LogP contribution in [0.15, 0.2) is 0 Å². The number of hydrogen-bond acceptors (Lipinski definition) is 6. The highest BCUT2D eigenvalue weighted by molar-refractivity contribution is 5.73. The Morgan fingerprint density at radius 2 is 1.24 bits per heavy atom. The minimum absolute atomic E-state index is 0.340. The molecule has 0 aliphatic carbocycles. The maximum atomic E-state index is 11.4. The molecule has 33 heavy (non-hydrogen) atoms. The van der Waals surface area contributed by atoms with E-state index in [1.54, 1.807) is 0 Å². The summed E-state index contributed by atoms with van der Waals surface area (Å²) in [5.41, 5.74) is 0. The number of amides is 1. The Bertz CT molecular complexity index is 478. The molecule has 1 aliphatic heterocycles. The molecule has 0 bridgehead atoms. The summed E-state index contributed by atoms with van der Waals surface area (Å²) < 4.78 is 11.3. The Hall–Kier alpha value is -0.730. The van der Waals surface area contributed by atoms with Gasteiger partial charge in [0.2, 0.25) is 5.91 Å². The van der Waals surface area contributed by atoms with Gasteiger partial charge in [0, 0.05) is 13.5 Å². The van der Waals surface area contributed by atoms with Gasteiger partial charge < -0.3 is 30.1 Å². The van der Waals surface area contributed by atoms with Gasteiger partial charge >= 0.3 is 0 Å². The Balaban J connectivity index is 2.01. The molecule has 5 atom stereocenters. The molecule has 1 fully saturated rings. The van der Waals surface area contributed by atoms with Gasteiger partial charge in [-0.1, -0.05) is 103 Å². The van der Waals surface area contributed by atoms with Crippen LogP contribution in [0.4, 0.5) is 0 Å². The van der Waals surface area contributed by atoms with Gasteiger partial charge in [0.15, 0.2) is 6.29 Å². The van der Waals surface area contributed by atoms with E-state index >= 15 is 0 Å². The summed E-state index contributed by atoms with van der Waals surface area (Å²) in [7, 11) is 0. The summed E-state index contributed by atoms with van der Waals surface area (Å²) >= 11 is 0. The van der Waals surface area contributed by atoms with Crippen LogP contribution < -0.4 is 5.32 Å². The third-order valence-electron chi connectivity index (χ3n) is 6.53.